The van der Waals surface area contributed by atoms with Gasteiger partial charge in [-0.05, 0) is 18.9 Å². The number of aromatic nitrogens is 2. The first-order valence-electron chi connectivity index (χ1n) is 4.59. The van der Waals surface area contributed by atoms with Crippen molar-refractivity contribution in [2.75, 3.05) is 18.4 Å². The van der Waals surface area contributed by atoms with Gasteiger partial charge in [0.1, 0.15) is 5.51 Å². The molecule has 1 aliphatic heterocycles. The first-order valence-corrected chi connectivity index (χ1v) is 5.47. The Balaban J connectivity index is 1.93. The number of hydrogen-bond acceptors (Lipinski definition) is 5. The molecule has 1 aromatic heterocycles. The van der Waals surface area contributed by atoms with E-state index in [1.165, 1.54) is 6.42 Å². The van der Waals surface area contributed by atoms with E-state index in [0.717, 1.165) is 18.2 Å². The van der Waals surface area contributed by atoms with Crippen molar-refractivity contribution in [3.8, 4) is 0 Å². The number of anilines is 1. The van der Waals surface area contributed by atoms with Crippen LogP contribution in [0.5, 0.6) is 0 Å². The topological polar surface area (TPSA) is 49.8 Å². The molecule has 13 heavy (non-hydrogen) atoms. The Morgan fingerprint density at radius 1 is 1.69 bits per heavy atom. The van der Waals surface area contributed by atoms with E-state index in [-0.39, 0.29) is 0 Å². The van der Waals surface area contributed by atoms with E-state index in [9.17, 15) is 0 Å². The fourth-order valence-corrected chi connectivity index (χ4v) is 2.09. The van der Waals surface area contributed by atoms with Crippen LogP contribution < -0.4 is 10.6 Å². The summed E-state index contributed by atoms with van der Waals surface area (Å²) < 4.78 is 0. The van der Waals surface area contributed by atoms with Crippen LogP contribution in [0, 0.1) is 5.92 Å². The molecule has 0 aromatic carbocycles. The molecule has 0 spiro atoms. The Morgan fingerprint density at radius 3 is 3.31 bits per heavy atom. The van der Waals surface area contributed by atoms with Gasteiger partial charge in [-0.2, -0.15) is 0 Å². The maximum atomic E-state index is 3.97. The van der Waals surface area contributed by atoms with Gasteiger partial charge in [0.25, 0.3) is 0 Å². The van der Waals surface area contributed by atoms with Crippen molar-refractivity contribution in [2.24, 2.45) is 5.92 Å². The number of rotatable bonds is 2. The molecular formula is C8H14N4S. The van der Waals surface area contributed by atoms with Gasteiger partial charge in [-0.3, -0.25) is 0 Å². The number of piperidine rings is 1. The van der Waals surface area contributed by atoms with Crippen molar-refractivity contribution in [1.29, 1.82) is 0 Å². The smallest absolute Gasteiger partial charge is 0.205 e. The summed E-state index contributed by atoms with van der Waals surface area (Å²) in [7, 11) is 0. The Bertz CT molecular complexity index is 249. The largest absolute Gasteiger partial charge is 0.356 e. The third kappa shape index (κ3) is 2.16. The first-order chi connectivity index (χ1) is 6.36. The second-order valence-electron chi connectivity index (χ2n) is 3.46. The van der Waals surface area contributed by atoms with Crippen molar-refractivity contribution >= 4 is 16.5 Å². The quantitative estimate of drug-likeness (QED) is 0.743. The molecule has 0 aliphatic carbocycles. The standard InChI is InChI=1S/C8H14N4S/c1-6-2-3-9-4-7(6)11-8-12-10-5-13-8/h5-7,9H,2-4H2,1H3,(H,11,12). The molecule has 0 saturated carbocycles. The highest BCUT2D eigenvalue weighted by Crippen LogP contribution is 2.17. The lowest BCUT2D eigenvalue weighted by Crippen LogP contribution is -2.43. The maximum Gasteiger partial charge on any atom is 0.205 e. The van der Waals surface area contributed by atoms with Crippen molar-refractivity contribution in [3.05, 3.63) is 5.51 Å². The van der Waals surface area contributed by atoms with Gasteiger partial charge >= 0.3 is 0 Å². The van der Waals surface area contributed by atoms with Crippen LogP contribution in [0.1, 0.15) is 13.3 Å². The molecule has 2 rings (SSSR count). The molecule has 5 heteroatoms. The maximum absolute atomic E-state index is 3.97. The van der Waals surface area contributed by atoms with E-state index in [2.05, 4.69) is 27.8 Å². The summed E-state index contributed by atoms with van der Waals surface area (Å²) in [6.07, 6.45) is 1.23. The van der Waals surface area contributed by atoms with E-state index in [4.69, 9.17) is 0 Å². The van der Waals surface area contributed by atoms with Crippen molar-refractivity contribution in [2.45, 2.75) is 19.4 Å². The predicted molar refractivity (Wildman–Crippen MR) is 54.0 cm³/mol. The van der Waals surface area contributed by atoms with Crippen molar-refractivity contribution < 1.29 is 0 Å². The normalized spacial score (nSPS) is 28.7. The summed E-state index contributed by atoms with van der Waals surface area (Å²) in [5.74, 6) is 0.713. The van der Waals surface area contributed by atoms with Crippen LogP contribution in [0.3, 0.4) is 0 Å². The Hall–Kier alpha value is -0.680. The van der Waals surface area contributed by atoms with E-state index in [0.29, 0.717) is 12.0 Å². The third-order valence-corrected chi connectivity index (χ3v) is 3.12. The van der Waals surface area contributed by atoms with Crippen LogP contribution in [-0.2, 0) is 0 Å². The van der Waals surface area contributed by atoms with Gasteiger partial charge in [0.05, 0.1) is 0 Å². The molecular weight excluding hydrogens is 184 g/mol. The number of nitrogens with zero attached hydrogens (tertiary/aromatic N) is 2. The molecule has 1 aromatic rings. The molecule has 0 amide bonds. The molecule has 1 saturated heterocycles. The van der Waals surface area contributed by atoms with E-state index in [1.54, 1.807) is 16.8 Å². The SMILES string of the molecule is CC1CCNCC1Nc1nncs1. The molecule has 1 aliphatic rings. The van der Waals surface area contributed by atoms with Crippen LogP contribution in [0.4, 0.5) is 5.13 Å². The minimum Gasteiger partial charge on any atom is -0.356 e. The lowest BCUT2D eigenvalue weighted by atomic mass is 9.95. The second kappa shape index (κ2) is 4.02. The van der Waals surface area contributed by atoms with Gasteiger partial charge in [-0.1, -0.05) is 18.3 Å². The van der Waals surface area contributed by atoms with Crippen LogP contribution >= 0.6 is 11.3 Å². The highest BCUT2D eigenvalue weighted by Gasteiger charge is 2.21. The highest BCUT2D eigenvalue weighted by atomic mass is 32.1. The lowest BCUT2D eigenvalue weighted by molar-refractivity contribution is 0.366. The molecule has 1 fully saturated rings. The minimum atomic E-state index is 0.502. The fraction of sp³-hybridized carbons (Fsp3) is 0.750. The van der Waals surface area contributed by atoms with Crippen molar-refractivity contribution in [1.82, 2.24) is 15.5 Å². The Morgan fingerprint density at radius 2 is 2.62 bits per heavy atom. The monoisotopic (exact) mass is 198 g/mol. The minimum absolute atomic E-state index is 0.502. The zero-order valence-corrected chi connectivity index (χ0v) is 8.47. The van der Waals surface area contributed by atoms with Crippen LogP contribution in [0.25, 0.3) is 0 Å². The van der Waals surface area contributed by atoms with Crippen molar-refractivity contribution in [3.63, 3.8) is 0 Å². The average molecular weight is 198 g/mol. The van der Waals surface area contributed by atoms with Gasteiger partial charge < -0.3 is 10.6 Å². The van der Waals surface area contributed by atoms with Gasteiger partial charge in [-0.15, -0.1) is 10.2 Å². The Kier molecular flexibility index (Phi) is 2.75. The van der Waals surface area contributed by atoms with Gasteiger partial charge in [0.2, 0.25) is 5.13 Å². The zero-order valence-electron chi connectivity index (χ0n) is 7.66. The van der Waals surface area contributed by atoms with Crippen LogP contribution in [0.15, 0.2) is 5.51 Å². The number of hydrogen-bond donors (Lipinski definition) is 2. The molecule has 2 unspecified atom stereocenters. The molecule has 72 valence electrons. The third-order valence-electron chi connectivity index (χ3n) is 2.50. The fourth-order valence-electron chi connectivity index (χ4n) is 1.58. The number of nitrogens with one attached hydrogen (secondary N) is 2. The Labute approximate surface area is 81.8 Å². The molecule has 0 bridgehead atoms. The summed E-state index contributed by atoms with van der Waals surface area (Å²) in [4.78, 5) is 0. The summed E-state index contributed by atoms with van der Waals surface area (Å²) in [5, 5.41) is 15.5. The van der Waals surface area contributed by atoms with E-state index < -0.39 is 0 Å². The zero-order chi connectivity index (χ0) is 9.10. The average Bonchev–Trinajstić information content (AvgIpc) is 2.61. The van der Waals surface area contributed by atoms with Crippen LogP contribution in [0.2, 0.25) is 0 Å². The first kappa shape index (κ1) is 8.90. The highest BCUT2D eigenvalue weighted by molar-refractivity contribution is 7.13. The van der Waals surface area contributed by atoms with Gasteiger partial charge in [-0.25, -0.2) is 0 Å². The predicted octanol–water partition coefficient (Wildman–Crippen LogP) is 0.948. The molecule has 2 atom stereocenters. The molecule has 2 N–H and O–H groups in total. The van der Waals surface area contributed by atoms with Gasteiger partial charge in [0.15, 0.2) is 0 Å². The van der Waals surface area contributed by atoms with E-state index in [1.807, 2.05) is 0 Å². The lowest BCUT2D eigenvalue weighted by Gasteiger charge is -2.29. The summed E-state index contributed by atoms with van der Waals surface area (Å²) in [5.41, 5.74) is 1.75. The van der Waals surface area contributed by atoms with Gasteiger partial charge in [0, 0.05) is 12.6 Å². The van der Waals surface area contributed by atoms with Crippen LogP contribution in [-0.4, -0.2) is 29.3 Å². The molecule has 4 nitrogen and oxygen atoms in total. The summed E-state index contributed by atoms with van der Waals surface area (Å²) >= 11 is 1.56. The molecule has 0 radical (unpaired) electrons. The molecule has 2 heterocycles. The summed E-state index contributed by atoms with van der Waals surface area (Å²) in [6, 6.07) is 0.502. The summed E-state index contributed by atoms with van der Waals surface area (Å²) in [6.45, 7) is 4.44. The second-order valence-corrected chi connectivity index (χ2v) is 4.30. The van der Waals surface area contributed by atoms with E-state index >= 15 is 0 Å².